The number of amides is 2. The first-order chi connectivity index (χ1) is 16.2. The molecule has 0 bridgehead atoms. The second-order valence-corrected chi connectivity index (χ2v) is 10.5. The minimum atomic E-state index is -0.224. The summed E-state index contributed by atoms with van der Waals surface area (Å²) in [6.07, 6.45) is 3.06. The van der Waals surface area contributed by atoms with Crippen molar-refractivity contribution in [1.82, 2.24) is 29.9 Å². The summed E-state index contributed by atoms with van der Waals surface area (Å²) < 4.78 is 6.97. The largest absolute Gasteiger partial charge is 0.385 e. The van der Waals surface area contributed by atoms with Crippen LogP contribution in [-0.2, 0) is 15.1 Å². The summed E-state index contributed by atoms with van der Waals surface area (Å²) in [4.78, 5) is 34.9. The molecule has 0 unspecified atom stereocenters. The number of fused-ring (bicyclic) bond motifs is 1. The number of methoxy groups -OCH3 is 1. The zero-order valence-corrected chi connectivity index (χ0v) is 21.2. The minimum Gasteiger partial charge on any atom is -0.385 e. The lowest BCUT2D eigenvalue weighted by atomic mass is 10.1. The van der Waals surface area contributed by atoms with Crippen LogP contribution in [0, 0.1) is 6.92 Å². The molecule has 2 amide bonds. The van der Waals surface area contributed by atoms with Gasteiger partial charge >= 0.3 is 0 Å². The number of rotatable bonds is 8. The predicted octanol–water partition coefficient (Wildman–Crippen LogP) is 2.28. The number of nitrogens with zero attached hydrogens (tertiary/aromatic N) is 5. The monoisotopic (exact) mass is 470 g/mol. The van der Waals surface area contributed by atoms with Gasteiger partial charge in [-0.15, -0.1) is 0 Å². The van der Waals surface area contributed by atoms with Crippen LogP contribution in [-0.4, -0.2) is 89.4 Å². The summed E-state index contributed by atoms with van der Waals surface area (Å²) in [7, 11) is 1.66. The summed E-state index contributed by atoms with van der Waals surface area (Å²) in [5.41, 5.74) is 3.14. The molecule has 1 saturated carbocycles. The van der Waals surface area contributed by atoms with Gasteiger partial charge in [-0.2, -0.15) is 5.10 Å². The average molecular weight is 471 g/mol. The van der Waals surface area contributed by atoms with E-state index in [9.17, 15) is 9.59 Å². The van der Waals surface area contributed by atoms with Gasteiger partial charge < -0.3 is 15.0 Å². The molecular formula is C25H38N6O3. The van der Waals surface area contributed by atoms with E-state index >= 15 is 0 Å². The van der Waals surface area contributed by atoms with E-state index in [2.05, 4.69) is 31.0 Å². The molecule has 0 radical (unpaired) electrons. The molecule has 1 saturated heterocycles. The highest BCUT2D eigenvalue weighted by atomic mass is 16.5. The van der Waals surface area contributed by atoms with Crippen LogP contribution in [0.1, 0.15) is 67.7 Å². The SMILES string of the molecule is COCCCNC(=O)CN1CCN(C(=O)c2cc(C3CC3)nc3c2c(C)nn3C(C)(C)C)CC1. The fourth-order valence-corrected chi connectivity index (χ4v) is 4.52. The molecule has 2 fully saturated rings. The van der Waals surface area contributed by atoms with E-state index in [4.69, 9.17) is 14.8 Å². The molecular weight excluding hydrogens is 432 g/mol. The summed E-state index contributed by atoms with van der Waals surface area (Å²) in [6.45, 7) is 12.5. The highest BCUT2D eigenvalue weighted by Crippen LogP contribution is 2.41. The molecule has 2 aromatic rings. The fourth-order valence-electron chi connectivity index (χ4n) is 4.52. The maximum Gasteiger partial charge on any atom is 0.254 e. The highest BCUT2D eigenvalue weighted by molar-refractivity contribution is 6.06. The number of piperazine rings is 1. The quantitative estimate of drug-likeness (QED) is 0.595. The Hall–Kier alpha value is -2.52. The lowest BCUT2D eigenvalue weighted by Crippen LogP contribution is -2.51. The maximum absolute atomic E-state index is 13.7. The number of aromatic nitrogens is 3. The van der Waals surface area contributed by atoms with Crippen LogP contribution in [0.25, 0.3) is 11.0 Å². The molecule has 1 aliphatic carbocycles. The van der Waals surface area contributed by atoms with Gasteiger partial charge in [0, 0.05) is 58.1 Å². The van der Waals surface area contributed by atoms with Crippen LogP contribution < -0.4 is 5.32 Å². The maximum atomic E-state index is 13.7. The van der Waals surface area contributed by atoms with Gasteiger partial charge in [-0.1, -0.05) is 0 Å². The first-order valence-corrected chi connectivity index (χ1v) is 12.4. The van der Waals surface area contributed by atoms with E-state index in [-0.39, 0.29) is 17.4 Å². The Labute approximate surface area is 201 Å². The molecule has 0 spiro atoms. The Morgan fingerprint density at radius 3 is 2.50 bits per heavy atom. The van der Waals surface area contributed by atoms with Crippen molar-refractivity contribution in [2.75, 3.05) is 53.0 Å². The molecule has 0 aromatic carbocycles. The first kappa shape index (κ1) is 24.6. The Bertz CT molecular complexity index is 1050. The number of carbonyl (C=O) groups excluding carboxylic acids is 2. The number of carbonyl (C=O) groups is 2. The molecule has 4 rings (SSSR count). The van der Waals surface area contributed by atoms with Crippen LogP contribution in [0.4, 0.5) is 0 Å². The Morgan fingerprint density at radius 2 is 1.88 bits per heavy atom. The van der Waals surface area contributed by atoms with Crippen molar-refractivity contribution < 1.29 is 14.3 Å². The third-order valence-corrected chi connectivity index (χ3v) is 6.57. The normalized spacial score (nSPS) is 17.4. The molecule has 1 N–H and O–H groups in total. The zero-order valence-electron chi connectivity index (χ0n) is 21.2. The van der Waals surface area contributed by atoms with Crippen molar-refractivity contribution >= 4 is 22.8 Å². The van der Waals surface area contributed by atoms with Crippen molar-refractivity contribution in [3.05, 3.63) is 23.0 Å². The second kappa shape index (κ2) is 10.00. The first-order valence-electron chi connectivity index (χ1n) is 12.4. The van der Waals surface area contributed by atoms with Crippen molar-refractivity contribution in [2.24, 2.45) is 0 Å². The fraction of sp³-hybridized carbons (Fsp3) is 0.680. The predicted molar refractivity (Wildman–Crippen MR) is 131 cm³/mol. The third-order valence-electron chi connectivity index (χ3n) is 6.57. The Balaban J connectivity index is 1.47. The topological polar surface area (TPSA) is 92.6 Å². The van der Waals surface area contributed by atoms with Gasteiger partial charge in [0.2, 0.25) is 5.91 Å². The molecule has 1 aliphatic heterocycles. The summed E-state index contributed by atoms with van der Waals surface area (Å²) in [5, 5.41) is 8.57. The van der Waals surface area contributed by atoms with Crippen molar-refractivity contribution in [3.63, 3.8) is 0 Å². The van der Waals surface area contributed by atoms with Gasteiger partial charge in [-0.3, -0.25) is 14.5 Å². The van der Waals surface area contributed by atoms with E-state index in [1.54, 1.807) is 7.11 Å². The Morgan fingerprint density at radius 1 is 1.18 bits per heavy atom. The van der Waals surface area contributed by atoms with Crippen molar-refractivity contribution in [2.45, 2.75) is 58.4 Å². The Kier molecular flexibility index (Phi) is 7.23. The van der Waals surface area contributed by atoms with Gasteiger partial charge in [-0.05, 0) is 53.0 Å². The van der Waals surface area contributed by atoms with E-state index in [1.165, 1.54) is 0 Å². The van der Waals surface area contributed by atoms with Gasteiger partial charge in [0.05, 0.1) is 28.7 Å². The molecule has 0 atom stereocenters. The van der Waals surface area contributed by atoms with Gasteiger partial charge in [0.15, 0.2) is 5.65 Å². The molecule has 34 heavy (non-hydrogen) atoms. The third kappa shape index (κ3) is 5.41. The van der Waals surface area contributed by atoms with Gasteiger partial charge in [-0.25, -0.2) is 9.67 Å². The number of aryl methyl sites for hydroxylation is 1. The minimum absolute atomic E-state index is 0.0195. The number of nitrogens with one attached hydrogen (secondary N) is 1. The van der Waals surface area contributed by atoms with E-state index in [0.29, 0.717) is 57.4 Å². The number of ether oxygens (including phenoxy) is 1. The smallest absolute Gasteiger partial charge is 0.254 e. The van der Waals surface area contributed by atoms with Crippen LogP contribution >= 0.6 is 0 Å². The van der Waals surface area contributed by atoms with Crippen LogP contribution in [0.3, 0.4) is 0 Å². The van der Waals surface area contributed by atoms with Crippen LogP contribution in [0.2, 0.25) is 0 Å². The zero-order chi connectivity index (χ0) is 24.5. The van der Waals surface area contributed by atoms with Gasteiger partial charge in [0.1, 0.15) is 0 Å². The van der Waals surface area contributed by atoms with Crippen molar-refractivity contribution in [1.29, 1.82) is 0 Å². The molecule has 9 nitrogen and oxygen atoms in total. The molecule has 3 heterocycles. The average Bonchev–Trinajstić information content (AvgIpc) is 3.59. The van der Waals surface area contributed by atoms with E-state index in [1.807, 2.05) is 22.6 Å². The van der Waals surface area contributed by atoms with Crippen LogP contribution in [0.5, 0.6) is 0 Å². The standard InChI is InChI=1S/C25H38N6O3/c1-17-22-19(15-20(18-7-8-18)27-23(22)31(28-17)25(2,3)4)24(33)30-12-10-29(11-13-30)16-21(32)26-9-6-14-34-5/h15,18H,6-14,16H2,1-5H3,(H,26,32). The molecule has 186 valence electrons. The lowest BCUT2D eigenvalue weighted by molar-refractivity contribution is -0.122. The summed E-state index contributed by atoms with van der Waals surface area (Å²) >= 11 is 0. The summed E-state index contributed by atoms with van der Waals surface area (Å²) in [6, 6.07) is 2.00. The van der Waals surface area contributed by atoms with E-state index in [0.717, 1.165) is 41.7 Å². The highest BCUT2D eigenvalue weighted by Gasteiger charge is 2.32. The van der Waals surface area contributed by atoms with Gasteiger partial charge in [0.25, 0.3) is 5.91 Å². The van der Waals surface area contributed by atoms with Crippen molar-refractivity contribution in [3.8, 4) is 0 Å². The molecule has 2 aromatic heterocycles. The van der Waals surface area contributed by atoms with Crippen LogP contribution in [0.15, 0.2) is 6.07 Å². The number of pyridine rings is 1. The second-order valence-electron chi connectivity index (χ2n) is 10.5. The lowest BCUT2D eigenvalue weighted by Gasteiger charge is -2.34. The molecule has 2 aliphatic rings. The molecule has 9 heteroatoms. The number of hydrogen-bond donors (Lipinski definition) is 1. The number of hydrogen-bond acceptors (Lipinski definition) is 6. The van der Waals surface area contributed by atoms with E-state index < -0.39 is 0 Å². The summed E-state index contributed by atoms with van der Waals surface area (Å²) in [5.74, 6) is 0.499.